The lowest BCUT2D eigenvalue weighted by molar-refractivity contribution is 0.415. The largest absolute Gasteiger partial charge is 0.362 e. The number of nitrogens with zero attached hydrogens (tertiary/aromatic N) is 1. The van der Waals surface area contributed by atoms with E-state index in [1.54, 1.807) is 11.1 Å². The van der Waals surface area contributed by atoms with E-state index in [4.69, 9.17) is 4.55 Å². The Bertz CT molecular complexity index is 231. The molecule has 1 aliphatic rings. The van der Waals surface area contributed by atoms with E-state index in [1.807, 2.05) is 6.08 Å². The standard InChI is InChI=1S/C5H9NO3S/c7-10(8,9)5-6-3-1-2-4-6/h1,3H,2,4-5H2,(H,7,8,9). The van der Waals surface area contributed by atoms with Crippen molar-refractivity contribution < 1.29 is 13.0 Å². The Balaban J connectivity index is 2.47. The molecule has 0 amide bonds. The molecule has 4 nitrogen and oxygen atoms in total. The molecule has 0 saturated carbocycles. The summed E-state index contributed by atoms with van der Waals surface area (Å²) in [6, 6.07) is 0. The van der Waals surface area contributed by atoms with Crippen LogP contribution in [0.5, 0.6) is 0 Å². The molecule has 0 saturated heterocycles. The summed E-state index contributed by atoms with van der Waals surface area (Å²) in [6.07, 6.45) is 4.40. The second kappa shape index (κ2) is 2.59. The Morgan fingerprint density at radius 3 is 2.70 bits per heavy atom. The molecular weight excluding hydrogens is 154 g/mol. The van der Waals surface area contributed by atoms with Crippen LogP contribution in [-0.2, 0) is 10.1 Å². The van der Waals surface area contributed by atoms with Crippen molar-refractivity contribution in [1.82, 2.24) is 4.90 Å². The molecule has 0 aromatic carbocycles. The van der Waals surface area contributed by atoms with Crippen LogP contribution in [0.1, 0.15) is 6.42 Å². The van der Waals surface area contributed by atoms with Gasteiger partial charge in [-0.15, -0.1) is 0 Å². The maximum absolute atomic E-state index is 10.3. The van der Waals surface area contributed by atoms with Crippen LogP contribution in [0.15, 0.2) is 12.3 Å². The minimum absolute atomic E-state index is 0.288. The molecule has 1 N–H and O–H groups in total. The first kappa shape index (κ1) is 7.56. The van der Waals surface area contributed by atoms with Gasteiger partial charge in [-0.2, -0.15) is 8.42 Å². The molecule has 0 unspecified atom stereocenters. The van der Waals surface area contributed by atoms with Crippen molar-refractivity contribution in [2.24, 2.45) is 0 Å². The summed E-state index contributed by atoms with van der Waals surface area (Å²) >= 11 is 0. The van der Waals surface area contributed by atoms with Crippen molar-refractivity contribution >= 4 is 10.1 Å². The molecule has 0 spiro atoms. The zero-order valence-electron chi connectivity index (χ0n) is 5.40. The van der Waals surface area contributed by atoms with Crippen molar-refractivity contribution in [3.8, 4) is 0 Å². The fraction of sp³-hybridized carbons (Fsp3) is 0.600. The molecule has 1 aliphatic heterocycles. The van der Waals surface area contributed by atoms with Crippen molar-refractivity contribution in [1.29, 1.82) is 0 Å². The second-order valence-corrected chi connectivity index (χ2v) is 3.62. The van der Waals surface area contributed by atoms with Gasteiger partial charge in [0.25, 0.3) is 10.1 Å². The number of hydrogen-bond acceptors (Lipinski definition) is 3. The first-order valence-electron chi connectivity index (χ1n) is 2.94. The monoisotopic (exact) mass is 163 g/mol. The van der Waals surface area contributed by atoms with Gasteiger partial charge < -0.3 is 4.90 Å². The molecule has 0 atom stereocenters. The minimum Gasteiger partial charge on any atom is -0.362 e. The summed E-state index contributed by atoms with van der Waals surface area (Å²) in [4.78, 5) is 1.55. The summed E-state index contributed by atoms with van der Waals surface area (Å²) in [5.74, 6) is -0.288. The van der Waals surface area contributed by atoms with Gasteiger partial charge in [0.2, 0.25) is 0 Å². The van der Waals surface area contributed by atoms with Crippen molar-refractivity contribution in [2.75, 3.05) is 12.4 Å². The molecule has 0 aromatic heterocycles. The van der Waals surface area contributed by atoms with Gasteiger partial charge in [0.15, 0.2) is 0 Å². The quantitative estimate of drug-likeness (QED) is 0.584. The first-order chi connectivity index (χ1) is 4.58. The molecule has 1 heterocycles. The molecule has 0 bridgehead atoms. The number of hydrogen-bond donors (Lipinski definition) is 1. The smallest absolute Gasteiger partial charge is 0.283 e. The topological polar surface area (TPSA) is 57.6 Å². The van der Waals surface area contributed by atoms with Crippen LogP contribution >= 0.6 is 0 Å². The predicted octanol–water partition coefficient (Wildman–Crippen LogP) is 0.0511. The summed E-state index contributed by atoms with van der Waals surface area (Å²) in [6.45, 7) is 0.680. The van der Waals surface area contributed by atoms with Crippen LogP contribution in [0, 0.1) is 0 Å². The predicted molar refractivity (Wildman–Crippen MR) is 36.9 cm³/mol. The van der Waals surface area contributed by atoms with E-state index < -0.39 is 10.1 Å². The maximum Gasteiger partial charge on any atom is 0.283 e. The average molecular weight is 163 g/mol. The molecule has 0 aliphatic carbocycles. The highest BCUT2D eigenvalue weighted by molar-refractivity contribution is 7.85. The average Bonchev–Trinajstić information content (AvgIpc) is 2.12. The summed E-state index contributed by atoms with van der Waals surface area (Å²) < 4.78 is 28.9. The van der Waals surface area contributed by atoms with Crippen LogP contribution in [-0.4, -0.2) is 30.3 Å². The summed E-state index contributed by atoms with van der Waals surface area (Å²) in [7, 11) is -3.83. The van der Waals surface area contributed by atoms with Gasteiger partial charge in [0, 0.05) is 6.54 Å². The highest BCUT2D eigenvalue weighted by Crippen LogP contribution is 2.04. The normalized spacial score (nSPS) is 18.3. The highest BCUT2D eigenvalue weighted by atomic mass is 32.2. The lowest BCUT2D eigenvalue weighted by atomic mass is 10.5. The fourth-order valence-electron chi connectivity index (χ4n) is 0.856. The highest BCUT2D eigenvalue weighted by Gasteiger charge is 2.11. The Labute approximate surface area is 59.9 Å². The van der Waals surface area contributed by atoms with Gasteiger partial charge in [-0.3, -0.25) is 4.55 Å². The zero-order chi connectivity index (χ0) is 7.61. The molecule has 1 rings (SSSR count). The van der Waals surface area contributed by atoms with E-state index in [9.17, 15) is 8.42 Å². The SMILES string of the molecule is O=S(=O)(O)CN1C=CCC1. The summed E-state index contributed by atoms with van der Waals surface area (Å²) in [5, 5.41) is 0. The van der Waals surface area contributed by atoms with Gasteiger partial charge in [0.1, 0.15) is 5.88 Å². The lowest BCUT2D eigenvalue weighted by Crippen LogP contribution is -2.22. The molecule has 58 valence electrons. The molecule has 0 aromatic rings. The lowest BCUT2D eigenvalue weighted by Gasteiger charge is -2.11. The molecule has 0 radical (unpaired) electrons. The van der Waals surface area contributed by atoms with E-state index >= 15 is 0 Å². The van der Waals surface area contributed by atoms with Gasteiger partial charge in [-0.1, -0.05) is 6.08 Å². The van der Waals surface area contributed by atoms with Crippen LogP contribution in [0.2, 0.25) is 0 Å². The maximum atomic E-state index is 10.3. The third-order valence-corrected chi connectivity index (χ3v) is 1.89. The van der Waals surface area contributed by atoms with Crippen molar-refractivity contribution in [3.05, 3.63) is 12.3 Å². The van der Waals surface area contributed by atoms with E-state index in [0.717, 1.165) is 6.42 Å². The molecule has 10 heavy (non-hydrogen) atoms. The zero-order valence-corrected chi connectivity index (χ0v) is 6.21. The van der Waals surface area contributed by atoms with E-state index in [0.29, 0.717) is 6.54 Å². The van der Waals surface area contributed by atoms with Gasteiger partial charge >= 0.3 is 0 Å². The Hall–Kier alpha value is -0.550. The van der Waals surface area contributed by atoms with E-state index in [1.165, 1.54) is 0 Å². The van der Waals surface area contributed by atoms with E-state index in [-0.39, 0.29) is 5.88 Å². The Morgan fingerprint density at radius 2 is 2.30 bits per heavy atom. The minimum atomic E-state index is -3.83. The van der Waals surface area contributed by atoms with Crippen molar-refractivity contribution in [2.45, 2.75) is 6.42 Å². The Morgan fingerprint density at radius 1 is 1.60 bits per heavy atom. The number of rotatable bonds is 2. The van der Waals surface area contributed by atoms with Crippen molar-refractivity contribution in [3.63, 3.8) is 0 Å². The molecule has 5 heteroatoms. The fourth-order valence-corrected chi connectivity index (χ4v) is 1.49. The molecular formula is C5H9NO3S. The second-order valence-electron chi connectivity index (χ2n) is 2.20. The summed E-state index contributed by atoms with van der Waals surface area (Å²) in [5.41, 5.74) is 0. The van der Waals surface area contributed by atoms with Crippen LogP contribution < -0.4 is 0 Å². The van der Waals surface area contributed by atoms with Gasteiger partial charge in [-0.05, 0) is 12.6 Å². The third kappa shape index (κ3) is 2.36. The Kier molecular flexibility index (Phi) is 1.96. The van der Waals surface area contributed by atoms with Crippen LogP contribution in [0.3, 0.4) is 0 Å². The van der Waals surface area contributed by atoms with Gasteiger partial charge in [0.05, 0.1) is 0 Å². The van der Waals surface area contributed by atoms with Crippen LogP contribution in [0.25, 0.3) is 0 Å². The first-order valence-corrected chi connectivity index (χ1v) is 4.55. The molecule has 0 fully saturated rings. The van der Waals surface area contributed by atoms with Gasteiger partial charge in [-0.25, -0.2) is 0 Å². The van der Waals surface area contributed by atoms with Crippen LogP contribution in [0.4, 0.5) is 0 Å². The third-order valence-electron chi connectivity index (χ3n) is 1.23. The van der Waals surface area contributed by atoms with E-state index in [2.05, 4.69) is 0 Å².